The molecule has 0 bridgehead atoms. The van der Waals surface area contributed by atoms with Gasteiger partial charge in [0.1, 0.15) is 5.76 Å². The topological polar surface area (TPSA) is 45.9 Å². The van der Waals surface area contributed by atoms with E-state index in [1.807, 2.05) is 17.0 Å². The highest BCUT2D eigenvalue weighted by atomic mass is 16.5. The summed E-state index contributed by atoms with van der Waals surface area (Å²) in [7, 11) is 2.15. The molecule has 2 fully saturated rings. The second-order valence-corrected chi connectivity index (χ2v) is 6.58. The monoisotopic (exact) mass is 306 g/mol. The number of furan rings is 1. The fourth-order valence-electron chi connectivity index (χ4n) is 3.06. The standard InChI is InChI=1S/C17H26N2O3/c1-18(11-14-4-5-14)12-16-13-19(8-10-22-16)17(20)7-6-15-3-2-9-21-15/h2-3,9,14,16H,4-8,10-13H2,1H3/t16-/m1/s1. The second kappa shape index (κ2) is 7.29. The van der Waals surface area contributed by atoms with Crippen molar-refractivity contribution in [3.05, 3.63) is 24.2 Å². The largest absolute Gasteiger partial charge is 0.469 e. The van der Waals surface area contributed by atoms with Gasteiger partial charge in [0.25, 0.3) is 0 Å². The molecule has 1 aliphatic carbocycles. The third kappa shape index (κ3) is 4.58. The maximum absolute atomic E-state index is 12.3. The van der Waals surface area contributed by atoms with E-state index in [1.165, 1.54) is 12.8 Å². The van der Waals surface area contributed by atoms with E-state index in [0.717, 1.165) is 24.8 Å². The van der Waals surface area contributed by atoms with Crippen molar-refractivity contribution < 1.29 is 13.9 Å². The number of rotatable bonds is 7. The first-order chi connectivity index (χ1) is 10.7. The number of carbonyl (C=O) groups excluding carboxylic acids is 1. The number of likely N-dealkylation sites (N-methyl/N-ethyl adjacent to an activating group) is 1. The van der Waals surface area contributed by atoms with E-state index in [0.29, 0.717) is 32.5 Å². The van der Waals surface area contributed by atoms with Crippen LogP contribution in [0.25, 0.3) is 0 Å². The average Bonchev–Trinajstić information content (AvgIpc) is 3.16. The highest BCUT2D eigenvalue weighted by Crippen LogP contribution is 2.29. The Balaban J connectivity index is 1.41. The number of hydrogen-bond donors (Lipinski definition) is 0. The minimum absolute atomic E-state index is 0.144. The molecule has 122 valence electrons. The minimum Gasteiger partial charge on any atom is -0.469 e. The zero-order valence-electron chi connectivity index (χ0n) is 13.4. The van der Waals surface area contributed by atoms with Gasteiger partial charge in [0.2, 0.25) is 5.91 Å². The third-order valence-corrected chi connectivity index (χ3v) is 4.44. The number of amides is 1. The molecule has 1 saturated carbocycles. The smallest absolute Gasteiger partial charge is 0.223 e. The van der Waals surface area contributed by atoms with Gasteiger partial charge >= 0.3 is 0 Å². The SMILES string of the molecule is CN(CC1CC1)C[C@@H]1CN(C(=O)CCc2ccco2)CCO1. The molecule has 2 aliphatic rings. The van der Waals surface area contributed by atoms with Crippen molar-refractivity contribution in [1.82, 2.24) is 9.80 Å². The number of carbonyl (C=O) groups is 1. The molecule has 1 aliphatic heterocycles. The van der Waals surface area contributed by atoms with E-state index >= 15 is 0 Å². The van der Waals surface area contributed by atoms with E-state index < -0.39 is 0 Å². The summed E-state index contributed by atoms with van der Waals surface area (Å²) in [6.07, 6.45) is 5.72. The van der Waals surface area contributed by atoms with Gasteiger partial charge in [-0.1, -0.05) is 0 Å². The van der Waals surface area contributed by atoms with E-state index in [-0.39, 0.29) is 12.0 Å². The van der Waals surface area contributed by atoms with Crippen LogP contribution in [0, 0.1) is 5.92 Å². The molecular formula is C17H26N2O3. The number of hydrogen-bond acceptors (Lipinski definition) is 4. The highest BCUT2D eigenvalue weighted by molar-refractivity contribution is 5.76. The highest BCUT2D eigenvalue weighted by Gasteiger charge is 2.27. The molecule has 0 spiro atoms. The van der Waals surface area contributed by atoms with Crippen LogP contribution in [-0.2, 0) is 16.0 Å². The Morgan fingerprint density at radius 2 is 2.27 bits per heavy atom. The van der Waals surface area contributed by atoms with Crippen molar-refractivity contribution in [3.8, 4) is 0 Å². The van der Waals surface area contributed by atoms with Gasteiger partial charge in [-0.3, -0.25) is 4.79 Å². The van der Waals surface area contributed by atoms with Crippen LogP contribution in [-0.4, -0.2) is 61.6 Å². The van der Waals surface area contributed by atoms with Gasteiger partial charge in [0, 0.05) is 39.0 Å². The lowest BCUT2D eigenvalue weighted by Gasteiger charge is -2.35. The van der Waals surface area contributed by atoms with Crippen LogP contribution in [0.3, 0.4) is 0 Å². The summed E-state index contributed by atoms with van der Waals surface area (Å²) in [5.41, 5.74) is 0. The van der Waals surface area contributed by atoms with Gasteiger partial charge in [-0.05, 0) is 37.9 Å². The van der Waals surface area contributed by atoms with Gasteiger partial charge < -0.3 is 19.0 Å². The first-order valence-electron chi connectivity index (χ1n) is 8.31. The fraction of sp³-hybridized carbons (Fsp3) is 0.706. The summed E-state index contributed by atoms with van der Waals surface area (Å²) in [6, 6.07) is 3.78. The molecule has 1 aromatic heterocycles. The molecule has 2 heterocycles. The molecule has 0 N–H and O–H groups in total. The van der Waals surface area contributed by atoms with Crippen LogP contribution >= 0.6 is 0 Å². The van der Waals surface area contributed by atoms with Crippen molar-refractivity contribution in [2.24, 2.45) is 5.92 Å². The Labute approximate surface area is 132 Å². The normalized spacial score (nSPS) is 22.3. The first-order valence-corrected chi connectivity index (χ1v) is 8.31. The van der Waals surface area contributed by atoms with E-state index in [9.17, 15) is 4.79 Å². The molecule has 1 saturated heterocycles. The summed E-state index contributed by atoms with van der Waals surface area (Å²) in [4.78, 5) is 16.6. The zero-order valence-corrected chi connectivity index (χ0v) is 13.4. The van der Waals surface area contributed by atoms with Gasteiger partial charge in [0.05, 0.1) is 19.0 Å². The molecule has 1 atom stereocenters. The minimum atomic E-state index is 0.144. The van der Waals surface area contributed by atoms with Crippen LogP contribution in [0.15, 0.2) is 22.8 Å². The Kier molecular flexibility index (Phi) is 5.16. The summed E-state index contributed by atoms with van der Waals surface area (Å²) in [5, 5.41) is 0. The van der Waals surface area contributed by atoms with Crippen LogP contribution in [0.5, 0.6) is 0 Å². The van der Waals surface area contributed by atoms with Crippen molar-refractivity contribution in [2.45, 2.75) is 31.8 Å². The zero-order chi connectivity index (χ0) is 15.4. The lowest BCUT2D eigenvalue weighted by molar-refractivity contribution is -0.139. The van der Waals surface area contributed by atoms with Crippen LogP contribution in [0.2, 0.25) is 0 Å². The van der Waals surface area contributed by atoms with Crippen molar-refractivity contribution in [1.29, 1.82) is 0 Å². The molecule has 0 aromatic carbocycles. The quantitative estimate of drug-likeness (QED) is 0.770. The van der Waals surface area contributed by atoms with Crippen molar-refractivity contribution >= 4 is 5.91 Å². The van der Waals surface area contributed by atoms with E-state index in [2.05, 4.69) is 11.9 Å². The predicted octanol–water partition coefficient (Wildman–Crippen LogP) is 1.78. The lowest BCUT2D eigenvalue weighted by atomic mass is 10.2. The van der Waals surface area contributed by atoms with Crippen LogP contribution in [0.4, 0.5) is 0 Å². The Bertz CT molecular complexity index is 470. The molecule has 1 amide bonds. The van der Waals surface area contributed by atoms with Gasteiger partial charge in [-0.15, -0.1) is 0 Å². The molecular weight excluding hydrogens is 280 g/mol. The molecule has 0 unspecified atom stereocenters. The molecule has 22 heavy (non-hydrogen) atoms. The number of nitrogens with zero attached hydrogens (tertiary/aromatic N) is 2. The maximum Gasteiger partial charge on any atom is 0.223 e. The number of aryl methyl sites for hydroxylation is 1. The van der Waals surface area contributed by atoms with Gasteiger partial charge in [0.15, 0.2) is 0 Å². The Morgan fingerprint density at radius 1 is 1.41 bits per heavy atom. The summed E-state index contributed by atoms with van der Waals surface area (Å²) in [5.74, 6) is 1.97. The molecule has 1 aromatic rings. The van der Waals surface area contributed by atoms with Gasteiger partial charge in [-0.2, -0.15) is 0 Å². The van der Waals surface area contributed by atoms with Crippen LogP contribution in [0.1, 0.15) is 25.0 Å². The van der Waals surface area contributed by atoms with Crippen molar-refractivity contribution in [3.63, 3.8) is 0 Å². The Hall–Kier alpha value is -1.33. The van der Waals surface area contributed by atoms with Gasteiger partial charge in [-0.25, -0.2) is 0 Å². The first kappa shape index (κ1) is 15.6. The third-order valence-electron chi connectivity index (χ3n) is 4.44. The summed E-state index contributed by atoms with van der Waals surface area (Å²) in [6.45, 7) is 4.14. The molecule has 5 heteroatoms. The fourth-order valence-corrected chi connectivity index (χ4v) is 3.06. The summed E-state index contributed by atoms with van der Waals surface area (Å²) < 4.78 is 11.1. The maximum atomic E-state index is 12.3. The number of ether oxygens (including phenoxy) is 1. The summed E-state index contributed by atoms with van der Waals surface area (Å²) >= 11 is 0. The van der Waals surface area contributed by atoms with E-state index in [1.54, 1.807) is 6.26 Å². The second-order valence-electron chi connectivity index (χ2n) is 6.58. The van der Waals surface area contributed by atoms with Crippen molar-refractivity contribution in [2.75, 3.05) is 39.8 Å². The molecule has 3 rings (SSSR count). The van der Waals surface area contributed by atoms with Crippen LogP contribution < -0.4 is 0 Å². The Morgan fingerprint density at radius 3 is 3.00 bits per heavy atom. The number of morpholine rings is 1. The molecule has 0 radical (unpaired) electrons. The predicted molar refractivity (Wildman–Crippen MR) is 83.6 cm³/mol. The average molecular weight is 306 g/mol. The molecule has 5 nitrogen and oxygen atoms in total. The lowest BCUT2D eigenvalue weighted by Crippen LogP contribution is -2.49. The van der Waals surface area contributed by atoms with E-state index in [4.69, 9.17) is 9.15 Å².